The Hall–Kier alpha value is -1.29. The molecule has 3 nitrogen and oxygen atoms in total. The zero-order valence-corrected chi connectivity index (χ0v) is 9.00. The van der Waals surface area contributed by atoms with Crippen molar-refractivity contribution in [1.29, 1.82) is 0 Å². The van der Waals surface area contributed by atoms with E-state index >= 15 is 0 Å². The molecule has 0 saturated heterocycles. The summed E-state index contributed by atoms with van der Waals surface area (Å²) in [5.74, 6) is 1.26. The van der Waals surface area contributed by atoms with E-state index in [0.29, 0.717) is 11.5 Å². The molecule has 0 radical (unpaired) electrons. The molecule has 84 valence electrons. The molecular weight excluding hydrogens is 197 g/mol. The first kappa shape index (κ1) is 11.8. The van der Waals surface area contributed by atoms with Crippen molar-refractivity contribution >= 4 is 0 Å². The summed E-state index contributed by atoms with van der Waals surface area (Å²) in [6.45, 7) is 1.37. The summed E-state index contributed by atoms with van der Waals surface area (Å²) in [6.07, 6.45) is 0. The molecular formula is C11H16FNO2. The van der Waals surface area contributed by atoms with Crippen LogP contribution < -0.4 is 15.2 Å². The molecule has 1 rings (SSSR count). The third-order valence-corrected chi connectivity index (χ3v) is 2.05. The molecule has 0 spiro atoms. The summed E-state index contributed by atoms with van der Waals surface area (Å²) in [6, 6.07) is 5.21. The number of halogens is 1. The van der Waals surface area contributed by atoms with Gasteiger partial charge >= 0.3 is 0 Å². The highest BCUT2D eigenvalue weighted by atomic mass is 19.1. The molecule has 4 heteroatoms. The van der Waals surface area contributed by atoms with Crippen molar-refractivity contribution < 1.29 is 13.9 Å². The van der Waals surface area contributed by atoms with E-state index in [2.05, 4.69) is 0 Å². The van der Waals surface area contributed by atoms with Crippen molar-refractivity contribution in [3.63, 3.8) is 0 Å². The first-order chi connectivity index (χ1) is 7.19. The number of rotatable bonds is 5. The molecule has 0 unspecified atom stereocenters. The molecule has 0 saturated carbocycles. The minimum Gasteiger partial charge on any atom is -0.497 e. The van der Waals surface area contributed by atoms with E-state index in [1.807, 2.05) is 13.0 Å². The number of ether oxygens (including phenoxy) is 2. The molecule has 1 aromatic rings. The standard InChI is InChI=1S/C11H16FNO2/c1-8(13)10-4-3-9(14-2)7-11(10)15-6-5-12/h3-4,7-8H,5-6,13H2,1-2H3/t8-/m0/s1. The second-order valence-electron chi connectivity index (χ2n) is 3.23. The highest BCUT2D eigenvalue weighted by molar-refractivity contribution is 5.42. The van der Waals surface area contributed by atoms with Crippen molar-refractivity contribution in [2.45, 2.75) is 13.0 Å². The van der Waals surface area contributed by atoms with E-state index in [0.717, 1.165) is 5.56 Å². The predicted molar refractivity (Wildman–Crippen MR) is 57.1 cm³/mol. The highest BCUT2D eigenvalue weighted by Gasteiger charge is 2.09. The highest BCUT2D eigenvalue weighted by Crippen LogP contribution is 2.28. The van der Waals surface area contributed by atoms with Gasteiger partial charge in [0.05, 0.1) is 7.11 Å². The van der Waals surface area contributed by atoms with Crippen LogP contribution in [-0.4, -0.2) is 20.4 Å². The van der Waals surface area contributed by atoms with Crippen LogP contribution in [0.4, 0.5) is 4.39 Å². The van der Waals surface area contributed by atoms with E-state index < -0.39 is 6.67 Å². The van der Waals surface area contributed by atoms with Gasteiger partial charge in [0.2, 0.25) is 0 Å². The smallest absolute Gasteiger partial charge is 0.127 e. The second-order valence-corrected chi connectivity index (χ2v) is 3.23. The Balaban J connectivity index is 2.94. The van der Waals surface area contributed by atoms with Gasteiger partial charge in [0.15, 0.2) is 0 Å². The van der Waals surface area contributed by atoms with Crippen molar-refractivity contribution in [2.24, 2.45) is 5.73 Å². The van der Waals surface area contributed by atoms with Gasteiger partial charge in [-0.1, -0.05) is 6.07 Å². The van der Waals surface area contributed by atoms with Gasteiger partial charge in [0, 0.05) is 17.7 Å². The summed E-state index contributed by atoms with van der Waals surface area (Å²) >= 11 is 0. The lowest BCUT2D eigenvalue weighted by molar-refractivity contribution is 0.268. The number of benzene rings is 1. The molecule has 0 aliphatic rings. The lowest BCUT2D eigenvalue weighted by atomic mass is 10.1. The molecule has 15 heavy (non-hydrogen) atoms. The van der Waals surface area contributed by atoms with Crippen LogP contribution in [0.25, 0.3) is 0 Å². The monoisotopic (exact) mass is 213 g/mol. The number of methoxy groups -OCH3 is 1. The second kappa shape index (κ2) is 5.56. The van der Waals surface area contributed by atoms with Crippen LogP contribution in [0.1, 0.15) is 18.5 Å². The zero-order valence-electron chi connectivity index (χ0n) is 9.00. The summed E-state index contributed by atoms with van der Waals surface area (Å²) in [7, 11) is 1.57. The van der Waals surface area contributed by atoms with Crippen LogP contribution in [-0.2, 0) is 0 Å². The molecule has 1 aromatic carbocycles. The van der Waals surface area contributed by atoms with Crippen LogP contribution in [0.15, 0.2) is 18.2 Å². The number of alkyl halides is 1. The van der Waals surface area contributed by atoms with Crippen molar-refractivity contribution in [1.82, 2.24) is 0 Å². The molecule has 0 aliphatic heterocycles. The van der Waals surface area contributed by atoms with Crippen LogP contribution in [0.3, 0.4) is 0 Å². The third-order valence-electron chi connectivity index (χ3n) is 2.05. The van der Waals surface area contributed by atoms with E-state index in [4.69, 9.17) is 15.2 Å². The predicted octanol–water partition coefficient (Wildman–Crippen LogP) is 2.06. The van der Waals surface area contributed by atoms with E-state index in [1.165, 1.54) is 0 Å². The van der Waals surface area contributed by atoms with Gasteiger partial charge in [0.25, 0.3) is 0 Å². The van der Waals surface area contributed by atoms with Crippen LogP contribution >= 0.6 is 0 Å². The maximum atomic E-state index is 12.0. The topological polar surface area (TPSA) is 44.5 Å². The van der Waals surface area contributed by atoms with E-state index in [9.17, 15) is 4.39 Å². The molecule has 2 N–H and O–H groups in total. The number of nitrogens with two attached hydrogens (primary N) is 1. The van der Waals surface area contributed by atoms with Crippen LogP contribution in [0, 0.1) is 0 Å². The maximum Gasteiger partial charge on any atom is 0.127 e. The van der Waals surface area contributed by atoms with Gasteiger partial charge in [-0.2, -0.15) is 0 Å². The SMILES string of the molecule is COc1ccc([C@H](C)N)c(OCCF)c1. The van der Waals surface area contributed by atoms with Gasteiger partial charge in [0.1, 0.15) is 24.8 Å². The van der Waals surface area contributed by atoms with E-state index in [1.54, 1.807) is 19.2 Å². The van der Waals surface area contributed by atoms with Crippen molar-refractivity contribution in [3.8, 4) is 11.5 Å². The molecule has 0 fully saturated rings. The fourth-order valence-corrected chi connectivity index (χ4v) is 1.29. The number of hydrogen-bond acceptors (Lipinski definition) is 3. The summed E-state index contributed by atoms with van der Waals surface area (Å²) in [5, 5.41) is 0. The molecule has 0 bridgehead atoms. The summed E-state index contributed by atoms with van der Waals surface area (Å²) in [4.78, 5) is 0. The molecule has 0 heterocycles. The lowest BCUT2D eigenvalue weighted by Crippen LogP contribution is -2.09. The first-order valence-electron chi connectivity index (χ1n) is 4.81. The van der Waals surface area contributed by atoms with Crippen molar-refractivity contribution in [2.75, 3.05) is 20.4 Å². The Bertz CT molecular complexity index is 315. The molecule has 0 aromatic heterocycles. The first-order valence-corrected chi connectivity index (χ1v) is 4.81. The maximum absolute atomic E-state index is 12.0. The minimum atomic E-state index is -0.518. The normalized spacial score (nSPS) is 12.3. The lowest BCUT2D eigenvalue weighted by Gasteiger charge is -2.14. The third kappa shape index (κ3) is 3.09. The van der Waals surface area contributed by atoms with Gasteiger partial charge in [-0.3, -0.25) is 0 Å². The summed E-state index contributed by atoms with van der Waals surface area (Å²) in [5.41, 5.74) is 6.61. The molecule has 0 amide bonds. The average Bonchev–Trinajstić information content (AvgIpc) is 2.25. The van der Waals surface area contributed by atoms with Gasteiger partial charge in [-0.25, -0.2) is 4.39 Å². The van der Waals surface area contributed by atoms with Crippen molar-refractivity contribution in [3.05, 3.63) is 23.8 Å². The van der Waals surface area contributed by atoms with Crippen LogP contribution in [0.5, 0.6) is 11.5 Å². The van der Waals surface area contributed by atoms with Gasteiger partial charge in [-0.15, -0.1) is 0 Å². The fourth-order valence-electron chi connectivity index (χ4n) is 1.29. The largest absolute Gasteiger partial charge is 0.497 e. The number of hydrogen-bond donors (Lipinski definition) is 1. The Kier molecular flexibility index (Phi) is 4.37. The Morgan fingerprint density at radius 3 is 2.73 bits per heavy atom. The van der Waals surface area contributed by atoms with E-state index in [-0.39, 0.29) is 12.6 Å². The minimum absolute atomic E-state index is 0.0346. The molecule has 1 atom stereocenters. The summed E-state index contributed by atoms with van der Waals surface area (Å²) < 4.78 is 22.3. The quantitative estimate of drug-likeness (QED) is 0.814. The van der Waals surface area contributed by atoms with Crippen LogP contribution in [0.2, 0.25) is 0 Å². The average molecular weight is 213 g/mol. The Morgan fingerprint density at radius 1 is 1.47 bits per heavy atom. The molecule has 0 aliphatic carbocycles. The van der Waals surface area contributed by atoms with Gasteiger partial charge < -0.3 is 15.2 Å². The Labute approximate surface area is 89.0 Å². The Morgan fingerprint density at radius 2 is 2.20 bits per heavy atom. The fraction of sp³-hybridized carbons (Fsp3) is 0.455. The zero-order chi connectivity index (χ0) is 11.3. The van der Waals surface area contributed by atoms with Gasteiger partial charge in [-0.05, 0) is 13.0 Å².